The number of ether oxygens (including phenoxy) is 5. The summed E-state index contributed by atoms with van der Waals surface area (Å²) >= 11 is 0. The number of esters is 4. The first-order valence-electron chi connectivity index (χ1n) is 10.8. The highest BCUT2D eigenvalue weighted by Crippen LogP contribution is 2.19. The molecule has 2 atom stereocenters. The molecular formula is C23H34O9. The van der Waals surface area contributed by atoms with Crippen LogP contribution in [0.3, 0.4) is 0 Å². The zero-order chi connectivity index (χ0) is 23.9. The molecule has 0 radical (unpaired) electrons. The highest BCUT2D eigenvalue weighted by atomic mass is 16.7. The van der Waals surface area contributed by atoms with Gasteiger partial charge in [-0.15, -0.1) is 0 Å². The first-order chi connectivity index (χ1) is 15.2. The summed E-state index contributed by atoms with van der Waals surface area (Å²) in [6, 6.07) is 0. The van der Waals surface area contributed by atoms with Crippen molar-refractivity contribution in [1.82, 2.24) is 0 Å². The van der Waals surface area contributed by atoms with Gasteiger partial charge in [-0.2, -0.15) is 0 Å². The van der Waals surface area contributed by atoms with Crippen molar-refractivity contribution in [3.8, 4) is 0 Å². The van der Waals surface area contributed by atoms with E-state index in [1.165, 1.54) is 0 Å². The number of carbonyl (C=O) groups excluding carboxylic acids is 4. The van der Waals surface area contributed by atoms with Crippen molar-refractivity contribution < 1.29 is 42.9 Å². The molecule has 0 aromatic heterocycles. The van der Waals surface area contributed by atoms with Crippen molar-refractivity contribution in [2.24, 2.45) is 0 Å². The number of carbonyl (C=O) groups is 4. The summed E-state index contributed by atoms with van der Waals surface area (Å²) in [6.45, 7) is 10.9. The third kappa shape index (κ3) is 12.2. The van der Waals surface area contributed by atoms with E-state index in [0.29, 0.717) is 49.9 Å². The van der Waals surface area contributed by atoms with Gasteiger partial charge in [0.25, 0.3) is 0 Å². The van der Waals surface area contributed by atoms with Crippen LogP contribution in [0.15, 0.2) is 24.3 Å². The Morgan fingerprint density at radius 2 is 1.31 bits per heavy atom. The van der Waals surface area contributed by atoms with Gasteiger partial charge in [0.2, 0.25) is 6.29 Å². The minimum Gasteiger partial charge on any atom is -0.462 e. The molecule has 1 aliphatic heterocycles. The monoisotopic (exact) mass is 454 g/mol. The zero-order valence-corrected chi connectivity index (χ0v) is 19.0. The average Bonchev–Trinajstić information content (AvgIpc) is 2.72. The van der Waals surface area contributed by atoms with Crippen LogP contribution in [-0.2, 0) is 42.9 Å². The van der Waals surface area contributed by atoms with E-state index in [9.17, 15) is 19.2 Å². The lowest BCUT2D eigenvalue weighted by atomic mass is 10.1. The van der Waals surface area contributed by atoms with Crippen molar-refractivity contribution >= 4 is 23.9 Å². The molecule has 1 heterocycles. The van der Waals surface area contributed by atoms with Crippen molar-refractivity contribution in [3.63, 3.8) is 0 Å². The Labute approximate surface area is 189 Å². The fourth-order valence-electron chi connectivity index (χ4n) is 2.69. The summed E-state index contributed by atoms with van der Waals surface area (Å²) in [6.07, 6.45) is 2.19. The lowest BCUT2D eigenvalue weighted by Gasteiger charge is -2.28. The Balaban J connectivity index is 2.16. The molecule has 32 heavy (non-hydrogen) atoms. The normalized spacial score (nSPS) is 17.7. The number of rotatable bonds is 14. The molecule has 0 aromatic rings. The van der Waals surface area contributed by atoms with E-state index in [2.05, 4.69) is 13.2 Å². The van der Waals surface area contributed by atoms with Crippen LogP contribution < -0.4 is 0 Å². The fourth-order valence-corrected chi connectivity index (χ4v) is 2.69. The minimum atomic E-state index is -0.753. The largest absolute Gasteiger partial charge is 0.462 e. The predicted octanol–water partition coefficient (Wildman–Crippen LogP) is 3.16. The maximum Gasteiger partial charge on any atom is 0.333 e. The van der Waals surface area contributed by atoms with Gasteiger partial charge in [-0.05, 0) is 39.5 Å². The Kier molecular flexibility index (Phi) is 13.0. The summed E-state index contributed by atoms with van der Waals surface area (Å²) in [7, 11) is 0. The van der Waals surface area contributed by atoms with Crippen LogP contribution in [0.1, 0.15) is 65.2 Å². The molecule has 1 fully saturated rings. The van der Waals surface area contributed by atoms with Gasteiger partial charge < -0.3 is 23.7 Å². The van der Waals surface area contributed by atoms with Gasteiger partial charge in [0.1, 0.15) is 6.10 Å². The van der Waals surface area contributed by atoms with E-state index in [0.717, 1.165) is 0 Å². The third-order valence-electron chi connectivity index (χ3n) is 4.47. The predicted molar refractivity (Wildman–Crippen MR) is 114 cm³/mol. The Hall–Kier alpha value is -2.68. The lowest BCUT2D eigenvalue weighted by molar-refractivity contribution is -0.202. The summed E-state index contributed by atoms with van der Waals surface area (Å²) in [5.74, 6) is -1.66. The van der Waals surface area contributed by atoms with Crippen LogP contribution >= 0.6 is 0 Å². The van der Waals surface area contributed by atoms with Gasteiger partial charge in [0, 0.05) is 36.8 Å². The lowest BCUT2D eigenvalue weighted by Crippen LogP contribution is -2.35. The summed E-state index contributed by atoms with van der Waals surface area (Å²) in [4.78, 5) is 46.5. The maximum absolute atomic E-state index is 12.0. The molecule has 180 valence electrons. The summed E-state index contributed by atoms with van der Waals surface area (Å²) in [5.41, 5.74) is 0.668. The smallest absolute Gasteiger partial charge is 0.333 e. The Morgan fingerprint density at radius 1 is 0.812 bits per heavy atom. The van der Waals surface area contributed by atoms with Gasteiger partial charge in [0.15, 0.2) is 0 Å². The fraction of sp³-hybridized carbons (Fsp3) is 0.652. The zero-order valence-electron chi connectivity index (χ0n) is 19.0. The molecule has 1 unspecified atom stereocenters. The Morgan fingerprint density at radius 3 is 1.81 bits per heavy atom. The van der Waals surface area contributed by atoms with E-state index in [4.69, 9.17) is 23.7 Å². The van der Waals surface area contributed by atoms with Crippen molar-refractivity contribution in [2.75, 3.05) is 19.8 Å². The molecule has 9 heteroatoms. The van der Waals surface area contributed by atoms with Crippen molar-refractivity contribution in [3.05, 3.63) is 24.3 Å². The minimum absolute atomic E-state index is 0.172. The molecule has 0 saturated carbocycles. The second-order valence-corrected chi connectivity index (χ2v) is 7.67. The molecule has 9 nitrogen and oxygen atoms in total. The molecule has 0 aromatic carbocycles. The molecule has 0 N–H and O–H groups in total. The van der Waals surface area contributed by atoms with E-state index in [1.54, 1.807) is 13.8 Å². The molecule has 0 bridgehead atoms. The van der Waals surface area contributed by atoms with E-state index in [1.807, 2.05) is 0 Å². The first kappa shape index (κ1) is 27.4. The highest BCUT2D eigenvalue weighted by molar-refractivity contribution is 5.87. The number of unbranched alkanes of at least 4 members (excludes halogenated alkanes) is 2. The van der Waals surface area contributed by atoms with Crippen LogP contribution in [0.5, 0.6) is 0 Å². The van der Waals surface area contributed by atoms with Gasteiger partial charge >= 0.3 is 23.9 Å². The van der Waals surface area contributed by atoms with Crippen LogP contribution in [-0.4, -0.2) is 56.1 Å². The number of hydrogen-bond acceptors (Lipinski definition) is 9. The van der Waals surface area contributed by atoms with Gasteiger partial charge in [-0.3, -0.25) is 9.59 Å². The maximum atomic E-state index is 12.0. The molecule has 1 aliphatic rings. The van der Waals surface area contributed by atoms with E-state index >= 15 is 0 Å². The van der Waals surface area contributed by atoms with Gasteiger partial charge in [-0.1, -0.05) is 13.2 Å². The van der Waals surface area contributed by atoms with Gasteiger partial charge in [-0.25, -0.2) is 9.59 Å². The second kappa shape index (κ2) is 15.2. The second-order valence-electron chi connectivity index (χ2n) is 7.67. The van der Waals surface area contributed by atoms with Crippen molar-refractivity contribution in [1.29, 1.82) is 0 Å². The molecule has 0 spiro atoms. The van der Waals surface area contributed by atoms with Gasteiger partial charge in [0.05, 0.1) is 19.8 Å². The molecule has 0 amide bonds. The standard InChI is InChI=1S/C23H34O9/c1-16(2)22(26)29-12-7-5-9-19(24)31-18-11-14-28-21(15-18)32-20(25)10-6-8-13-30-23(27)17(3)4/h18,21H,1,3,5-15H2,2,4H3/t18-,21?/m0/s1. The molecule has 1 rings (SSSR count). The first-order valence-corrected chi connectivity index (χ1v) is 10.8. The van der Waals surface area contributed by atoms with E-state index < -0.39 is 24.2 Å². The van der Waals surface area contributed by atoms with Crippen LogP contribution in [0.4, 0.5) is 0 Å². The van der Waals surface area contributed by atoms with Crippen LogP contribution in [0, 0.1) is 0 Å². The average molecular weight is 455 g/mol. The third-order valence-corrected chi connectivity index (χ3v) is 4.47. The van der Waals surface area contributed by atoms with Crippen LogP contribution in [0.2, 0.25) is 0 Å². The summed E-state index contributed by atoms with van der Waals surface area (Å²) in [5, 5.41) is 0. The van der Waals surface area contributed by atoms with Crippen molar-refractivity contribution in [2.45, 2.75) is 77.6 Å². The summed E-state index contributed by atoms with van der Waals surface area (Å²) < 4.78 is 26.1. The van der Waals surface area contributed by atoms with Crippen LogP contribution in [0.25, 0.3) is 0 Å². The highest BCUT2D eigenvalue weighted by Gasteiger charge is 2.28. The molecule has 0 aliphatic carbocycles. The Bertz CT molecular complexity index is 627. The molecular weight excluding hydrogens is 420 g/mol. The SMILES string of the molecule is C=C(C)C(=O)OCCCCC(=O)OC1C[C@@H](OC(=O)CCCCOC(=O)C(=C)C)CCO1. The van der Waals surface area contributed by atoms with E-state index in [-0.39, 0.29) is 44.5 Å². The quantitative estimate of drug-likeness (QED) is 0.169. The number of hydrogen-bond donors (Lipinski definition) is 0. The topological polar surface area (TPSA) is 114 Å². The molecule has 1 saturated heterocycles.